The number of carbonyl (C=O) groups is 1. The van der Waals surface area contributed by atoms with Crippen LogP contribution in [0.3, 0.4) is 0 Å². The maximum absolute atomic E-state index is 12.8. The number of carbonyl (C=O) groups excluding carboxylic acids is 1. The van der Waals surface area contributed by atoms with Crippen LogP contribution in [0.15, 0.2) is 42.0 Å². The lowest BCUT2D eigenvalue weighted by Crippen LogP contribution is -2.39. The minimum atomic E-state index is -0.153. The topological polar surface area (TPSA) is 91.5 Å². The predicted molar refractivity (Wildman–Crippen MR) is 115 cm³/mol. The lowest BCUT2D eigenvalue weighted by atomic mass is 10.0. The summed E-state index contributed by atoms with van der Waals surface area (Å²) in [6, 6.07) is 3.75. The Morgan fingerprint density at radius 3 is 2.55 bits per heavy atom. The summed E-state index contributed by atoms with van der Waals surface area (Å²) in [7, 11) is 3.07. The van der Waals surface area contributed by atoms with Crippen molar-refractivity contribution in [2.24, 2.45) is 0 Å². The molecule has 164 valence electrons. The zero-order chi connectivity index (χ0) is 21.8. The molecule has 0 bridgehead atoms. The summed E-state index contributed by atoms with van der Waals surface area (Å²) >= 11 is 0. The second-order valence-electron chi connectivity index (χ2n) is 7.69. The molecule has 1 saturated heterocycles. The van der Waals surface area contributed by atoms with E-state index in [1.807, 2.05) is 17.4 Å². The van der Waals surface area contributed by atoms with E-state index >= 15 is 0 Å². The van der Waals surface area contributed by atoms with E-state index in [2.05, 4.69) is 14.5 Å². The third kappa shape index (κ3) is 4.40. The van der Waals surface area contributed by atoms with Crippen LogP contribution in [-0.4, -0.2) is 57.2 Å². The molecule has 0 radical (unpaired) electrons. The second-order valence-corrected chi connectivity index (χ2v) is 7.69. The van der Waals surface area contributed by atoms with Gasteiger partial charge in [0.25, 0.3) is 5.56 Å². The number of hydrogen-bond acceptors (Lipinski definition) is 6. The third-order valence-corrected chi connectivity index (χ3v) is 5.88. The van der Waals surface area contributed by atoms with Gasteiger partial charge in [0.05, 0.1) is 37.8 Å². The minimum absolute atomic E-state index is 0.136. The fourth-order valence-electron chi connectivity index (χ4n) is 4.10. The van der Waals surface area contributed by atoms with E-state index in [0.717, 1.165) is 25.9 Å². The Bertz CT molecular complexity index is 1100. The maximum Gasteiger partial charge on any atom is 0.261 e. The van der Waals surface area contributed by atoms with Crippen molar-refractivity contribution in [3.8, 4) is 11.5 Å². The first-order valence-electron chi connectivity index (χ1n) is 10.5. The van der Waals surface area contributed by atoms with Crippen LogP contribution in [0.1, 0.15) is 31.7 Å². The highest BCUT2D eigenvalue weighted by molar-refractivity contribution is 5.81. The quantitative estimate of drug-likeness (QED) is 0.577. The van der Waals surface area contributed by atoms with E-state index in [9.17, 15) is 9.59 Å². The van der Waals surface area contributed by atoms with Crippen molar-refractivity contribution in [3.63, 3.8) is 0 Å². The van der Waals surface area contributed by atoms with Crippen LogP contribution in [0.2, 0.25) is 0 Å². The molecule has 9 nitrogen and oxygen atoms in total. The Balaban J connectivity index is 1.34. The molecule has 0 saturated carbocycles. The van der Waals surface area contributed by atoms with Crippen LogP contribution in [-0.2, 0) is 11.3 Å². The summed E-state index contributed by atoms with van der Waals surface area (Å²) < 4.78 is 14.2. The van der Waals surface area contributed by atoms with Gasteiger partial charge in [-0.05, 0) is 25.3 Å². The molecule has 0 aliphatic carbocycles. The first-order valence-corrected chi connectivity index (χ1v) is 10.5. The summed E-state index contributed by atoms with van der Waals surface area (Å²) in [5.74, 6) is 1.15. The summed E-state index contributed by atoms with van der Waals surface area (Å²) in [6.07, 6.45) is 9.98. The van der Waals surface area contributed by atoms with Crippen LogP contribution in [0.25, 0.3) is 10.9 Å². The number of hydrogen-bond donors (Lipinski definition) is 0. The molecule has 0 N–H and O–H groups in total. The number of aromatic nitrogens is 4. The van der Waals surface area contributed by atoms with E-state index in [1.165, 1.54) is 13.4 Å². The highest BCUT2D eigenvalue weighted by Crippen LogP contribution is 2.29. The van der Waals surface area contributed by atoms with Crippen molar-refractivity contribution in [1.82, 2.24) is 24.0 Å². The third-order valence-electron chi connectivity index (χ3n) is 5.88. The van der Waals surface area contributed by atoms with Crippen LogP contribution in [0.5, 0.6) is 11.5 Å². The van der Waals surface area contributed by atoms with Crippen molar-refractivity contribution in [1.29, 1.82) is 0 Å². The molecule has 0 unspecified atom stereocenters. The standard InChI is InChI=1S/C22H27N5O4/c1-30-19-12-17-18(13-20(19)31-2)24-15-27(22(17)29)8-3-4-21(28)25-9-5-16(6-10-25)26-11-7-23-14-26/h7,11-16H,3-6,8-10H2,1-2H3. The molecule has 31 heavy (non-hydrogen) atoms. The van der Waals surface area contributed by atoms with E-state index in [-0.39, 0.29) is 11.5 Å². The zero-order valence-electron chi connectivity index (χ0n) is 17.9. The van der Waals surface area contributed by atoms with E-state index in [1.54, 1.807) is 30.0 Å². The maximum atomic E-state index is 12.8. The lowest BCUT2D eigenvalue weighted by Gasteiger charge is -2.32. The van der Waals surface area contributed by atoms with Gasteiger partial charge in [0, 0.05) is 50.6 Å². The number of benzene rings is 1. The molecule has 1 fully saturated rings. The summed E-state index contributed by atoms with van der Waals surface area (Å²) in [5, 5.41) is 0.466. The van der Waals surface area contributed by atoms with Crippen molar-refractivity contribution in [2.75, 3.05) is 27.3 Å². The van der Waals surface area contributed by atoms with Crippen LogP contribution in [0.4, 0.5) is 0 Å². The van der Waals surface area contributed by atoms with Gasteiger partial charge in [-0.15, -0.1) is 0 Å². The van der Waals surface area contributed by atoms with E-state index in [4.69, 9.17) is 9.47 Å². The molecule has 1 aliphatic heterocycles. The number of ether oxygens (including phenoxy) is 2. The number of aryl methyl sites for hydroxylation is 1. The van der Waals surface area contributed by atoms with E-state index in [0.29, 0.717) is 47.8 Å². The van der Waals surface area contributed by atoms with E-state index < -0.39 is 0 Å². The van der Waals surface area contributed by atoms with Crippen molar-refractivity contribution in [3.05, 3.63) is 47.5 Å². The predicted octanol–water partition coefficient (Wildman–Crippen LogP) is 2.25. The van der Waals surface area contributed by atoms with Crippen molar-refractivity contribution in [2.45, 2.75) is 38.3 Å². The molecule has 0 spiro atoms. The van der Waals surface area contributed by atoms with Gasteiger partial charge in [-0.3, -0.25) is 14.2 Å². The number of methoxy groups -OCH3 is 2. The van der Waals surface area contributed by atoms with Gasteiger partial charge in [-0.1, -0.05) is 0 Å². The Morgan fingerprint density at radius 2 is 1.87 bits per heavy atom. The molecule has 9 heteroatoms. The Hall–Kier alpha value is -3.36. The Morgan fingerprint density at radius 1 is 1.13 bits per heavy atom. The average Bonchev–Trinajstić information content (AvgIpc) is 3.35. The number of rotatable bonds is 7. The van der Waals surface area contributed by atoms with Gasteiger partial charge in [-0.2, -0.15) is 0 Å². The molecular formula is C22H27N5O4. The molecule has 4 rings (SSSR count). The first kappa shape index (κ1) is 20.9. The fourth-order valence-corrected chi connectivity index (χ4v) is 4.10. The lowest BCUT2D eigenvalue weighted by molar-refractivity contribution is -0.132. The number of amides is 1. The van der Waals surface area contributed by atoms with Gasteiger partial charge in [0.15, 0.2) is 11.5 Å². The number of fused-ring (bicyclic) bond motifs is 1. The van der Waals surface area contributed by atoms with Crippen molar-refractivity contribution < 1.29 is 14.3 Å². The average molecular weight is 425 g/mol. The highest BCUT2D eigenvalue weighted by atomic mass is 16.5. The van der Waals surface area contributed by atoms with Crippen molar-refractivity contribution >= 4 is 16.8 Å². The Labute approximate surface area is 180 Å². The molecule has 0 atom stereocenters. The van der Waals surface area contributed by atoms with Gasteiger partial charge in [0.2, 0.25) is 5.91 Å². The number of piperidine rings is 1. The summed E-state index contributed by atoms with van der Waals surface area (Å²) in [4.78, 5) is 35.8. The SMILES string of the molecule is COc1cc2ncn(CCCC(=O)N3CCC(n4ccnc4)CC3)c(=O)c2cc1OC. The second kappa shape index (κ2) is 9.20. The molecule has 1 aliphatic rings. The molecule has 3 aromatic rings. The first-order chi connectivity index (χ1) is 15.1. The molecular weight excluding hydrogens is 398 g/mol. The molecule has 1 aromatic carbocycles. The number of nitrogens with zero attached hydrogens (tertiary/aromatic N) is 5. The highest BCUT2D eigenvalue weighted by Gasteiger charge is 2.23. The Kier molecular flexibility index (Phi) is 6.20. The smallest absolute Gasteiger partial charge is 0.261 e. The molecule has 2 aromatic heterocycles. The van der Waals surface area contributed by atoms with Gasteiger partial charge in [-0.25, -0.2) is 9.97 Å². The zero-order valence-corrected chi connectivity index (χ0v) is 17.9. The van der Waals surface area contributed by atoms with Gasteiger partial charge >= 0.3 is 0 Å². The summed E-state index contributed by atoms with van der Waals surface area (Å²) in [6.45, 7) is 1.94. The van der Waals surface area contributed by atoms with Crippen LogP contribution >= 0.6 is 0 Å². The van der Waals surface area contributed by atoms with Gasteiger partial charge in [0.1, 0.15) is 0 Å². The molecule has 3 heterocycles. The normalized spacial score (nSPS) is 14.7. The number of imidazole rings is 1. The van der Waals surface area contributed by atoms with Crippen LogP contribution in [0, 0.1) is 0 Å². The number of likely N-dealkylation sites (tertiary alicyclic amines) is 1. The minimum Gasteiger partial charge on any atom is -0.493 e. The largest absolute Gasteiger partial charge is 0.493 e. The fraction of sp³-hybridized carbons (Fsp3) is 0.455. The van der Waals surface area contributed by atoms with Crippen LogP contribution < -0.4 is 15.0 Å². The van der Waals surface area contributed by atoms with Gasteiger partial charge < -0.3 is 18.9 Å². The monoisotopic (exact) mass is 425 g/mol. The molecule has 1 amide bonds. The summed E-state index contributed by atoms with van der Waals surface area (Å²) in [5.41, 5.74) is 0.398.